The summed E-state index contributed by atoms with van der Waals surface area (Å²) in [5, 5.41) is 4.03. The summed E-state index contributed by atoms with van der Waals surface area (Å²) in [5.41, 5.74) is 1.48. The third-order valence-corrected chi connectivity index (χ3v) is 6.36. The monoisotopic (exact) mass is 342 g/mol. The zero-order valence-corrected chi connectivity index (χ0v) is 16.0. The number of likely N-dealkylation sites (tertiary alicyclic amines) is 1. The van der Waals surface area contributed by atoms with Crippen LogP contribution < -0.4 is 10.1 Å². The molecule has 1 saturated heterocycles. The Labute approximate surface area is 153 Å². The van der Waals surface area contributed by atoms with Crippen LogP contribution in [0.15, 0.2) is 24.3 Å². The number of rotatable bonds is 4. The average Bonchev–Trinajstić information content (AvgIpc) is 3.03. The van der Waals surface area contributed by atoms with Gasteiger partial charge in [-0.1, -0.05) is 32.0 Å². The molecule has 138 valence electrons. The van der Waals surface area contributed by atoms with Crippen molar-refractivity contribution in [3.63, 3.8) is 0 Å². The molecular formula is C22H34N2O. The fraction of sp³-hybridized carbons (Fsp3) is 0.727. The second-order valence-corrected chi connectivity index (χ2v) is 8.92. The van der Waals surface area contributed by atoms with Crippen molar-refractivity contribution in [2.45, 2.75) is 76.5 Å². The maximum atomic E-state index is 6.51. The first-order valence-electron chi connectivity index (χ1n) is 10.4. The van der Waals surface area contributed by atoms with Crippen LogP contribution in [0.4, 0.5) is 0 Å². The minimum Gasteiger partial charge on any atom is -0.487 e. The molecular weight excluding hydrogens is 308 g/mol. The summed E-state index contributed by atoms with van der Waals surface area (Å²) in [4.78, 5) is 2.64. The minimum absolute atomic E-state index is 0.102. The van der Waals surface area contributed by atoms with Gasteiger partial charge in [0, 0.05) is 30.6 Å². The number of ether oxygens (including phenoxy) is 1. The molecule has 1 aromatic carbocycles. The molecule has 0 unspecified atom stereocenters. The summed E-state index contributed by atoms with van der Waals surface area (Å²) in [7, 11) is 0. The Morgan fingerprint density at radius 1 is 1.16 bits per heavy atom. The molecule has 1 atom stereocenters. The molecule has 1 spiro atoms. The van der Waals surface area contributed by atoms with Crippen molar-refractivity contribution in [2.24, 2.45) is 5.92 Å². The summed E-state index contributed by atoms with van der Waals surface area (Å²) in [5.74, 6) is 1.90. The maximum absolute atomic E-state index is 6.51. The van der Waals surface area contributed by atoms with E-state index < -0.39 is 0 Å². The van der Waals surface area contributed by atoms with E-state index in [4.69, 9.17) is 4.74 Å². The van der Waals surface area contributed by atoms with E-state index in [1.807, 2.05) is 0 Å². The fourth-order valence-corrected chi connectivity index (χ4v) is 5.18. The predicted octanol–water partition coefficient (Wildman–Crippen LogP) is 4.53. The van der Waals surface area contributed by atoms with Crippen molar-refractivity contribution in [3.8, 4) is 5.75 Å². The third kappa shape index (κ3) is 3.88. The molecule has 0 aromatic heterocycles. The Bertz CT molecular complexity index is 571. The largest absolute Gasteiger partial charge is 0.487 e. The van der Waals surface area contributed by atoms with E-state index in [9.17, 15) is 0 Å². The van der Waals surface area contributed by atoms with E-state index in [0.717, 1.165) is 18.1 Å². The van der Waals surface area contributed by atoms with E-state index in [1.165, 1.54) is 63.7 Å². The van der Waals surface area contributed by atoms with Crippen LogP contribution in [0.3, 0.4) is 0 Å². The first-order chi connectivity index (χ1) is 12.1. The number of piperidine rings is 1. The molecule has 1 N–H and O–H groups in total. The van der Waals surface area contributed by atoms with Gasteiger partial charge >= 0.3 is 0 Å². The van der Waals surface area contributed by atoms with Gasteiger partial charge in [-0.2, -0.15) is 0 Å². The molecule has 3 aliphatic rings. The van der Waals surface area contributed by atoms with Gasteiger partial charge in [0.25, 0.3) is 0 Å². The third-order valence-electron chi connectivity index (χ3n) is 6.36. The van der Waals surface area contributed by atoms with Gasteiger partial charge in [0.05, 0.1) is 0 Å². The number of para-hydroxylation sites is 1. The maximum Gasteiger partial charge on any atom is 0.124 e. The molecule has 25 heavy (non-hydrogen) atoms. The van der Waals surface area contributed by atoms with Gasteiger partial charge in [0.2, 0.25) is 0 Å². The van der Waals surface area contributed by atoms with Crippen molar-refractivity contribution in [1.82, 2.24) is 10.2 Å². The van der Waals surface area contributed by atoms with Crippen LogP contribution in [-0.2, 0) is 0 Å². The topological polar surface area (TPSA) is 24.5 Å². The van der Waals surface area contributed by atoms with E-state index in [1.54, 1.807) is 0 Å². The molecule has 2 heterocycles. The lowest BCUT2D eigenvalue weighted by atomic mass is 9.85. The molecule has 1 aliphatic carbocycles. The Kier molecular flexibility index (Phi) is 5.06. The quantitative estimate of drug-likeness (QED) is 0.870. The lowest BCUT2D eigenvalue weighted by Gasteiger charge is -2.42. The van der Waals surface area contributed by atoms with Crippen LogP contribution in [0.2, 0.25) is 0 Å². The summed E-state index contributed by atoms with van der Waals surface area (Å²) >= 11 is 0. The van der Waals surface area contributed by atoms with E-state index >= 15 is 0 Å². The van der Waals surface area contributed by atoms with Crippen molar-refractivity contribution in [3.05, 3.63) is 29.8 Å². The molecule has 1 aromatic rings. The number of nitrogens with one attached hydrogen (secondary N) is 1. The second kappa shape index (κ2) is 7.28. The standard InChI is InChI=1S/C22H34N2O/c1-17(2)16-24-13-9-18(10-14-24)23-20-15-22(11-5-6-12-22)25-21-8-4-3-7-19(20)21/h3-4,7-8,17-18,20,23H,5-6,9-16H2,1-2H3/t20-/m1/s1. The Morgan fingerprint density at radius 2 is 1.88 bits per heavy atom. The van der Waals surface area contributed by atoms with Gasteiger partial charge in [0.15, 0.2) is 0 Å². The normalized spacial score (nSPS) is 26.8. The van der Waals surface area contributed by atoms with Gasteiger partial charge in [-0.05, 0) is 63.6 Å². The number of hydrogen-bond acceptors (Lipinski definition) is 3. The average molecular weight is 343 g/mol. The summed E-state index contributed by atoms with van der Waals surface area (Å²) in [6, 6.07) is 9.84. The lowest BCUT2D eigenvalue weighted by molar-refractivity contribution is 0.0326. The zero-order valence-electron chi connectivity index (χ0n) is 16.0. The van der Waals surface area contributed by atoms with Crippen molar-refractivity contribution in [2.75, 3.05) is 19.6 Å². The van der Waals surface area contributed by atoms with Crippen LogP contribution in [-0.4, -0.2) is 36.2 Å². The van der Waals surface area contributed by atoms with Crippen molar-refractivity contribution < 1.29 is 4.74 Å². The molecule has 3 nitrogen and oxygen atoms in total. The number of fused-ring (bicyclic) bond motifs is 1. The van der Waals surface area contributed by atoms with Gasteiger partial charge in [0.1, 0.15) is 11.4 Å². The van der Waals surface area contributed by atoms with Crippen molar-refractivity contribution >= 4 is 0 Å². The first kappa shape index (κ1) is 17.4. The van der Waals surface area contributed by atoms with Gasteiger partial charge in [-0.25, -0.2) is 0 Å². The summed E-state index contributed by atoms with van der Waals surface area (Å²) < 4.78 is 6.51. The Hall–Kier alpha value is -1.06. The van der Waals surface area contributed by atoms with E-state index in [-0.39, 0.29) is 5.60 Å². The van der Waals surface area contributed by atoms with E-state index in [2.05, 4.69) is 48.3 Å². The van der Waals surface area contributed by atoms with E-state index in [0.29, 0.717) is 12.1 Å². The molecule has 4 rings (SSSR count). The van der Waals surface area contributed by atoms with Crippen molar-refractivity contribution in [1.29, 1.82) is 0 Å². The molecule has 1 saturated carbocycles. The van der Waals surface area contributed by atoms with Gasteiger partial charge < -0.3 is 15.0 Å². The molecule has 3 heteroatoms. The highest BCUT2D eigenvalue weighted by Gasteiger charge is 2.43. The number of nitrogens with zero attached hydrogens (tertiary/aromatic N) is 1. The highest BCUT2D eigenvalue weighted by atomic mass is 16.5. The van der Waals surface area contributed by atoms with Gasteiger partial charge in [-0.3, -0.25) is 0 Å². The lowest BCUT2D eigenvalue weighted by Crippen LogP contribution is -2.48. The summed E-state index contributed by atoms with van der Waals surface area (Å²) in [6.45, 7) is 8.38. The highest BCUT2D eigenvalue weighted by Crippen LogP contribution is 2.47. The molecule has 0 bridgehead atoms. The Balaban J connectivity index is 1.43. The van der Waals surface area contributed by atoms with Crippen LogP contribution in [0.5, 0.6) is 5.75 Å². The van der Waals surface area contributed by atoms with Crippen LogP contribution in [0.25, 0.3) is 0 Å². The smallest absolute Gasteiger partial charge is 0.124 e. The number of benzene rings is 1. The van der Waals surface area contributed by atoms with Crippen LogP contribution in [0, 0.1) is 5.92 Å². The van der Waals surface area contributed by atoms with Crippen LogP contribution >= 0.6 is 0 Å². The van der Waals surface area contributed by atoms with Gasteiger partial charge in [-0.15, -0.1) is 0 Å². The highest BCUT2D eigenvalue weighted by molar-refractivity contribution is 5.39. The minimum atomic E-state index is 0.102. The fourth-order valence-electron chi connectivity index (χ4n) is 5.18. The Morgan fingerprint density at radius 3 is 2.60 bits per heavy atom. The number of hydrogen-bond donors (Lipinski definition) is 1. The van der Waals surface area contributed by atoms with Crippen LogP contribution in [0.1, 0.15) is 70.4 Å². The zero-order chi connectivity index (χ0) is 17.3. The second-order valence-electron chi connectivity index (χ2n) is 8.92. The predicted molar refractivity (Wildman–Crippen MR) is 103 cm³/mol. The molecule has 0 radical (unpaired) electrons. The molecule has 2 aliphatic heterocycles. The first-order valence-corrected chi connectivity index (χ1v) is 10.4. The molecule has 0 amide bonds. The summed E-state index contributed by atoms with van der Waals surface area (Å²) in [6.07, 6.45) is 8.80. The molecule has 2 fully saturated rings. The SMILES string of the molecule is CC(C)CN1CCC(N[C@@H]2CC3(CCCC3)Oc3ccccc32)CC1.